The maximum Gasteiger partial charge on any atom is 0.274 e. The molecule has 0 bridgehead atoms. The molecule has 4 nitrogen and oxygen atoms in total. The number of aromatic nitrogens is 1. The molecule has 0 fully saturated rings. The quantitative estimate of drug-likeness (QED) is 0.906. The van der Waals surface area contributed by atoms with E-state index in [1.165, 1.54) is 11.0 Å². The van der Waals surface area contributed by atoms with Crippen LogP contribution in [0.15, 0.2) is 36.5 Å². The first-order valence-corrected chi connectivity index (χ1v) is 5.76. The fourth-order valence-electron chi connectivity index (χ4n) is 1.73. The lowest BCUT2D eigenvalue weighted by Gasteiger charge is -2.17. The van der Waals surface area contributed by atoms with E-state index in [1.807, 2.05) is 0 Å². The molecule has 0 spiro atoms. The first kappa shape index (κ1) is 12.5. The van der Waals surface area contributed by atoms with Crippen LogP contribution in [0.25, 0.3) is 0 Å². The van der Waals surface area contributed by atoms with E-state index in [1.54, 1.807) is 49.1 Å². The Morgan fingerprint density at radius 1 is 1.39 bits per heavy atom. The predicted octanol–water partition coefficient (Wildman–Crippen LogP) is 2.66. The second kappa shape index (κ2) is 4.74. The molecule has 2 aromatic rings. The van der Waals surface area contributed by atoms with Gasteiger partial charge in [0.05, 0.1) is 5.02 Å². The van der Waals surface area contributed by atoms with Crippen LogP contribution >= 0.6 is 11.6 Å². The van der Waals surface area contributed by atoms with E-state index >= 15 is 0 Å². The van der Waals surface area contributed by atoms with Crippen molar-refractivity contribution in [3.05, 3.63) is 47.2 Å². The second-order valence-electron chi connectivity index (χ2n) is 4.04. The third-order valence-corrected chi connectivity index (χ3v) is 2.92. The number of phenols is 1. The van der Waals surface area contributed by atoms with Crippen molar-refractivity contribution in [3.8, 4) is 5.75 Å². The highest BCUT2D eigenvalue weighted by Crippen LogP contribution is 2.21. The molecule has 0 aliphatic rings. The molecule has 0 saturated heterocycles. The molecular weight excluding hydrogens is 252 g/mol. The van der Waals surface area contributed by atoms with Gasteiger partial charge in [-0.05, 0) is 18.2 Å². The summed E-state index contributed by atoms with van der Waals surface area (Å²) >= 11 is 5.85. The standard InChI is InChI=1S/C13H13ClN2O2/c1-15-8-9(14)6-12(15)13(18)16(2)10-4-3-5-11(17)7-10/h3-8,17H,1-2H3. The minimum atomic E-state index is -0.185. The maximum atomic E-state index is 12.3. The molecule has 0 unspecified atom stereocenters. The summed E-state index contributed by atoms with van der Waals surface area (Å²) in [6.07, 6.45) is 1.67. The normalized spacial score (nSPS) is 10.4. The molecule has 0 atom stereocenters. The first-order chi connectivity index (χ1) is 8.49. The van der Waals surface area contributed by atoms with Crippen LogP contribution in [0.3, 0.4) is 0 Å². The largest absolute Gasteiger partial charge is 0.508 e. The Morgan fingerprint density at radius 3 is 2.67 bits per heavy atom. The van der Waals surface area contributed by atoms with Crippen molar-refractivity contribution in [2.24, 2.45) is 7.05 Å². The summed E-state index contributed by atoms with van der Waals surface area (Å²) in [5, 5.41) is 9.93. The van der Waals surface area contributed by atoms with E-state index in [0.717, 1.165) is 0 Å². The first-order valence-electron chi connectivity index (χ1n) is 5.38. The number of nitrogens with zero attached hydrogens (tertiary/aromatic N) is 2. The third kappa shape index (κ3) is 2.33. The Labute approximate surface area is 110 Å². The Hall–Kier alpha value is -1.94. The van der Waals surface area contributed by atoms with E-state index in [0.29, 0.717) is 16.4 Å². The minimum absolute atomic E-state index is 0.122. The van der Waals surface area contributed by atoms with Gasteiger partial charge in [-0.15, -0.1) is 0 Å². The SMILES string of the molecule is CN(C(=O)c1cc(Cl)cn1C)c1cccc(O)c1. The van der Waals surface area contributed by atoms with Gasteiger partial charge in [-0.2, -0.15) is 0 Å². The van der Waals surface area contributed by atoms with Gasteiger partial charge < -0.3 is 14.6 Å². The molecule has 2 rings (SSSR count). The molecule has 0 radical (unpaired) electrons. The van der Waals surface area contributed by atoms with Crippen molar-refractivity contribution in [1.82, 2.24) is 4.57 Å². The van der Waals surface area contributed by atoms with Gasteiger partial charge >= 0.3 is 0 Å². The summed E-state index contributed by atoms with van der Waals surface area (Å²) < 4.78 is 1.67. The summed E-state index contributed by atoms with van der Waals surface area (Å²) in [6, 6.07) is 8.14. The Bertz CT molecular complexity index is 592. The van der Waals surface area contributed by atoms with Crippen LogP contribution in [0.1, 0.15) is 10.5 Å². The Balaban J connectivity index is 2.32. The summed E-state index contributed by atoms with van der Waals surface area (Å²) in [7, 11) is 3.41. The number of amides is 1. The zero-order chi connectivity index (χ0) is 13.3. The molecule has 1 aromatic carbocycles. The van der Waals surface area contributed by atoms with Gasteiger partial charge in [0.25, 0.3) is 5.91 Å². The maximum absolute atomic E-state index is 12.3. The van der Waals surface area contributed by atoms with Crippen molar-refractivity contribution in [2.45, 2.75) is 0 Å². The van der Waals surface area contributed by atoms with Crippen LogP contribution in [-0.2, 0) is 7.05 Å². The number of hydrogen-bond donors (Lipinski definition) is 1. The molecule has 1 N–H and O–H groups in total. The van der Waals surface area contributed by atoms with Crippen LogP contribution in [0.2, 0.25) is 5.02 Å². The number of benzene rings is 1. The molecule has 18 heavy (non-hydrogen) atoms. The number of rotatable bonds is 2. The molecule has 0 saturated carbocycles. The van der Waals surface area contributed by atoms with E-state index < -0.39 is 0 Å². The molecular formula is C13H13ClN2O2. The van der Waals surface area contributed by atoms with Crippen LogP contribution < -0.4 is 4.90 Å². The van der Waals surface area contributed by atoms with Crippen molar-refractivity contribution in [2.75, 3.05) is 11.9 Å². The monoisotopic (exact) mass is 264 g/mol. The number of aromatic hydroxyl groups is 1. The van der Waals surface area contributed by atoms with Gasteiger partial charge in [-0.25, -0.2) is 0 Å². The molecule has 0 aliphatic heterocycles. The number of carbonyl (C=O) groups is 1. The number of phenolic OH excluding ortho intramolecular Hbond substituents is 1. The van der Waals surface area contributed by atoms with E-state index in [9.17, 15) is 9.90 Å². The molecule has 94 valence electrons. The van der Waals surface area contributed by atoms with Crippen molar-refractivity contribution < 1.29 is 9.90 Å². The fourth-order valence-corrected chi connectivity index (χ4v) is 1.98. The van der Waals surface area contributed by atoms with Crippen molar-refractivity contribution >= 4 is 23.2 Å². The smallest absolute Gasteiger partial charge is 0.274 e. The highest BCUT2D eigenvalue weighted by Gasteiger charge is 2.17. The Morgan fingerprint density at radius 2 is 2.11 bits per heavy atom. The molecule has 5 heteroatoms. The van der Waals surface area contributed by atoms with Gasteiger partial charge in [0, 0.05) is 32.0 Å². The van der Waals surface area contributed by atoms with Gasteiger partial charge in [0.2, 0.25) is 0 Å². The third-order valence-electron chi connectivity index (χ3n) is 2.71. The summed E-state index contributed by atoms with van der Waals surface area (Å²) in [5.74, 6) is -0.0629. The summed E-state index contributed by atoms with van der Waals surface area (Å²) in [5.41, 5.74) is 1.11. The highest BCUT2D eigenvalue weighted by molar-refractivity contribution is 6.31. The molecule has 1 amide bonds. The second-order valence-corrected chi connectivity index (χ2v) is 4.47. The fraction of sp³-hybridized carbons (Fsp3) is 0.154. The Kier molecular flexibility index (Phi) is 3.30. The zero-order valence-corrected chi connectivity index (χ0v) is 10.8. The number of aryl methyl sites for hydroxylation is 1. The summed E-state index contributed by atoms with van der Waals surface area (Å²) in [4.78, 5) is 13.7. The van der Waals surface area contributed by atoms with Gasteiger partial charge in [0.1, 0.15) is 11.4 Å². The average molecular weight is 265 g/mol. The van der Waals surface area contributed by atoms with Crippen molar-refractivity contribution in [1.29, 1.82) is 0 Å². The molecule has 1 heterocycles. The molecule has 0 aliphatic carbocycles. The zero-order valence-electron chi connectivity index (χ0n) is 10.1. The average Bonchev–Trinajstić information content (AvgIpc) is 2.66. The van der Waals surface area contributed by atoms with Crippen LogP contribution in [0.5, 0.6) is 5.75 Å². The number of halogens is 1. The minimum Gasteiger partial charge on any atom is -0.508 e. The van der Waals surface area contributed by atoms with Crippen LogP contribution in [-0.4, -0.2) is 22.6 Å². The van der Waals surface area contributed by atoms with Gasteiger partial charge in [-0.3, -0.25) is 4.79 Å². The number of carbonyl (C=O) groups excluding carboxylic acids is 1. The van der Waals surface area contributed by atoms with Crippen LogP contribution in [0, 0.1) is 0 Å². The summed E-state index contributed by atoms with van der Waals surface area (Å²) in [6.45, 7) is 0. The van der Waals surface area contributed by atoms with E-state index in [4.69, 9.17) is 11.6 Å². The molecule has 1 aromatic heterocycles. The topological polar surface area (TPSA) is 45.5 Å². The van der Waals surface area contributed by atoms with Gasteiger partial charge in [-0.1, -0.05) is 17.7 Å². The lowest BCUT2D eigenvalue weighted by atomic mass is 10.2. The lowest BCUT2D eigenvalue weighted by Crippen LogP contribution is -2.27. The number of hydrogen-bond acceptors (Lipinski definition) is 2. The van der Waals surface area contributed by atoms with E-state index in [-0.39, 0.29) is 11.7 Å². The highest BCUT2D eigenvalue weighted by atomic mass is 35.5. The van der Waals surface area contributed by atoms with Gasteiger partial charge in [0.15, 0.2) is 0 Å². The lowest BCUT2D eigenvalue weighted by molar-refractivity contribution is 0.0985. The van der Waals surface area contributed by atoms with Crippen molar-refractivity contribution in [3.63, 3.8) is 0 Å². The van der Waals surface area contributed by atoms with E-state index in [2.05, 4.69) is 0 Å². The number of anilines is 1. The van der Waals surface area contributed by atoms with Crippen LogP contribution in [0.4, 0.5) is 5.69 Å². The predicted molar refractivity (Wildman–Crippen MR) is 71.3 cm³/mol.